The molecular weight excluding hydrogens is 202 g/mol. The SMILES string of the molecule is CC1CC(NC(=O)CCN)CCN1.Cl. The van der Waals surface area contributed by atoms with Crippen molar-refractivity contribution in [3.63, 3.8) is 0 Å². The van der Waals surface area contributed by atoms with Gasteiger partial charge in [0.2, 0.25) is 5.91 Å². The molecule has 0 aromatic rings. The summed E-state index contributed by atoms with van der Waals surface area (Å²) >= 11 is 0. The first-order valence-corrected chi connectivity index (χ1v) is 4.95. The Labute approximate surface area is 91.4 Å². The van der Waals surface area contributed by atoms with Gasteiger partial charge in [0.25, 0.3) is 0 Å². The lowest BCUT2D eigenvalue weighted by Gasteiger charge is -2.28. The molecule has 1 heterocycles. The average molecular weight is 222 g/mol. The number of halogens is 1. The molecule has 0 aliphatic carbocycles. The summed E-state index contributed by atoms with van der Waals surface area (Å²) in [5.74, 6) is 0.0848. The van der Waals surface area contributed by atoms with E-state index in [-0.39, 0.29) is 18.3 Å². The largest absolute Gasteiger partial charge is 0.353 e. The fraction of sp³-hybridized carbons (Fsp3) is 0.889. The van der Waals surface area contributed by atoms with E-state index < -0.39 is 0 Å². The highest BCUT2D eigenvalue weighted by atomic mass is 35.5. The molecule has 1 amide bonds. The molecule has 0 radical (unpaired) electrons. The average Bonchev–Trinajstić information content (AvgIpc) is 2.04. The van der Waals surface area contributed by atoms with Gasteiger partial charge in [0, 0.05) is 25.0 Å². The fourth-order valence-electron chi connectivity index (χ4n) is 1.69. The Kier molecular flexibility index (Phi) is 6.87. The minimum Gasteiger partial charge on any atom is -0.353 e. The second kappa shape index (κ2) is 7.04. The van der Waals surface area contributed by atoms with Gasteiger partial charge in [-0.25, -0.2) is 0 Å². The van der Waals surface area contributed by atoms with E-state index in [4.69, 9.17) is 5.73 Å². The fourth-order valence-corrected chi connectivity index (χ4v) is 1.69. The summed E-state index contributed by atoms with van der Waals surface area (Å²) in [6.07, 6.45) is 2.50. The van der Waals surface area contributed by atoms with Crippen LogP contribution >= 0.6 is 12.4 Å². The molecule has 1 fully saturated rings. The smallest absolute Gasteiger partial charge is 0.221 e. The van der Waals surface area contributed by atoms with E-state index in [0.29, 0.717) is 25.0 Å². The highest BCUT2D eigenvalue weighted by Gasteiger charge is 2.19. The van der Waals surface area contributed by atoms with E-state index in [1.807, 2.05) is 0 Å². The van der Waals surface area contributed by atoms with Gasteiger partial charge in [0.1, 0.15) is 0 Å². The van der Waals surface area contributed by atoms with Gasteiger partial charge in [-0.2, -0.15) is 0 Å². The molecule has 1 saturated heterocycles. The molecule has 14 heavy (non-hydrogen) atoms. The van der Waals surface area contributed by atoms with Crippen molar-refractivity contribution in [2.24, 2.45) is 5.73 Å². The summed E-state index contributed by atoms with van der Waals surface area (Å²) in [5.41, 5.74) is 5.29. The van der Waals surface area contributed by atoms with Gasteiger partial charge in [-0.15, -0.1) is 12.4 Å². The van der Waals surface area contributed by atoms with Crippen LogP contribution < -0.4 is 16.4 Å². The van der Waals surface area contributed by atoms with Gasteiger partial charge in [-0.05, 0) is 26.3 Å². The molecule has 0 spiro atoms. The van der Waals surface area contributed by atoms with Crippen LogP contribution in [0.2, 0.25) is 0 Å². The molecule has 2 unspecified atom stereocenters. The van der Waals surface area contributed by atoms with Gasteiger partial charge < -0.3 is 16.4 Å². The summed E-state index contributed by atoms with van der Waals surface area (Å²) in [6, 6.07) is 0.854. The van der Waals surface area contributed by atoms with E-state index in [1.165, 1.54) is 0 Å². The molecule has 0 bridgehead atoms. The number of rotatable bonds is 3. The first kappa shape index (κ1) is 13.7. The van der Waals surface area contributed by atoms with E-state index in [1.54, 1.807) is 0 Å². The van der Waals surface area contributed by atoms with Crippen LogP contribution in [0.25, 0.3) is 0 Å². The maximum Gasteiger partial charge on any atom is 0.221 e. The van der Waals surface area contributed by atoms with E-state index in [2.05, 4.69) is 17.6 Å². The number of amides is 1. The van der Waals surface area contributed by atoms with Crippen LogP contribution in [-0.4, -0.2) is 31.1 Å². The first-order valence-electron chi connectivity index (χ1n) is 4.95. The minimum atomic E-state index is 0. The van der Waals surface area contributed by atoms with Crippen molar-refractivity contribution in [2.75, 3.05) is 13.1 Å². The van der Waals surface area contributed by atoms with Crippen molar-refractivity contribution >= 4 is 18.3 Å². The van der Waals surface area contributed by atoms with Gasteiger partial charge in [0.15, 0.2) is 0 Å². The molecule has 0 aromatic heterocycles. The summed E-state index contributed by atoms with van der Waals surface area (Å²) in [7, 11) is 0. The number of nitrogens with two attached hydrogens (primary N) is 1. The van der Waals surface area contributed by atoms with Crippen LogP contribution in [0.4, 0.5) is 0 Å². The number of hydrogen-bond donors (Lipinski definition) is 3. The molecule has 84 valence electrons. The highest BCUT2D eigenvalue weighted by Crippen LogP contribution is 2.07. The maximum atomic E-state index is 11.2. The summed E-state index contributed by atoms with van der Waals surface area (Å²) in [5, 5.41) is 6.33. The number of carbonyl (C=O) groups is 1. The normalized spacial score (nSPS) is 26.4. The van der Waals surface area contributed by atoms with Crippen molar-refractivity contribution in [3.8, 4) is 0 Å². The Balaban J connectivity index is 0.00000169. The molecule has 0 aromatic carbocycles. The molecule has 1 rings (SSSR count). The summed E-state index contributed by atoms with van der Waals surface area (Å²) in [4.78, 5) is 11.2. The zero-order valence-electron chi connectivity index (χ0n) is 8.58. The number of nitrogens with one attached hydrogen (secondary N) is 2. The van der Waals surface area contributed by atoms with Crippen LogP contribution in [0.3, 0.4) is 0 Å². The van der Waals surface area contributed by atoms with E-state index >= 15 is 0 Å². The number of piperidine rings is 1. The van der Waals surface area contributed by atoms with Crippen LogP contribution in [0, 0.1) is 0 Å². The van der Waals surface area contributed by atoms with E-state index in [0.717, 1.165) is 19.4 Å². The van der Waals surface area contributed by atoms with Crippen molar-refractivity contribution in [2.45, 2.75) is 38.3 Å². The summed E-state index contributed by atoms with van der Waals surface area (Å²) in [6.45, 7) is 3.57. The number of carbonyl (C=O) groups excluding carboxylic acids is 1. The molecule has 2 atom stereocenters. The van der Waals surface area contributed by atoms with Gasteiger partial charge >= 0.3 is 0 Å². The Morgan fingerprint density at radius 2 is 2.36 bits per heavy atom. The van der Waals surface area contributed by atoms with Gasteiger partial charge in [-0.1, -0.05) is 0 Å². The lowest BCUT2D eigenvalue weighted by molar-refractivity contribution is -0.121. The van der Waals surface area contributed by atoms with Crippen molar-refractivity contribution in [3.05, 3.63) is 0 Å². The lowest BCUT2D eigenvalue weighted by atomic mass is 10.0. The molecule has 0 saturated carbocycles. The third-order valence-electron chi connectivity index (χ3n) is 2.36. The van der Waals surface area contributed by atoms with Crippen molar-refractivity contribution in [1.29, 1.82) is 0 Å². The first-order chi connectivity index (χ1) is 6.22. The Hall–Kier alpha value is -0.320. The summed E-state index contributed by atoms with van der Waals surface area (Å²) < 4.78 is 0. The molecule has 5 heteroatoms. The van der Waals surface area contributed by atoms with E-state index in [9.17, 15) is 4.79 Å². The number of hydrogen-bond acceptors (Lipinski definition) is 3. The third-order valence-corrected chi connectivity index (χ3v) is 2.36. The molecular formula is C9H20ClN3O. The van der Waals surface area contributed by atoms with Crippen molar-refractivity contribution in [1.82, 2.24) is 10.6 Å². The minimum absolute atomic E-state index is 0. The quantitative estimate of drug-likeness (QED) is 0.629. The second-order valence-electron chi connectivity index (χ2n) is 3.68. The second-order valence-corrected chi connectivity index (χ2v) is 3.68. The standard InChI is InChI=1S/C9H19N3O.ClH/c1-7-6-8(3-5-11-7)12-9(13)2-4-10;/h7-8,11H,2-6,10H2,1H3,(H,12,13);1H. The molecule has 4 N–H and O–H groups in total. The zero-order valence-corrected chi connectivity index (χ0v) is 9.40. The zero-order chi connectivity index (χ0) is 9.68. The molecule has 4 nitrogen and oxygen atoms in total. The van der Waals surface area contributed by atoms with Crippen LogP contribution in [-0.2, 0) is 4.79 Å². The lowest BCUT2D eigenvalue weighted by Crippen LogP contribution is -2.46. The Morgan fingerprint density at radius 1 is 1.64 bits per heavy atom. The van der Waals surface area contributed by atoms with Crippen LogP contribution in [0.5, 0.6) is 0 Å². The van der Waals surface area contributed by atoms with Crippen LogP contribution in [0.1, 0.15) is 26.2 Å². The van der Waals surface area contributed by atoms with Gasteiger partial charge in [0.05, 0.1) is 0 Å². The molecule has 1 aliphatic heterocycles. The van der Waals surface area contributed by atoms with Crippen molar-refractivity contribution < 1.29 is 4.79 Å². The molecule has 1 aliphatic rings. The monoisotopic (exact) mass is 221 g/mol. The predicted molar refractivity (Wildman–Crippen MR) is 59.5 cm³/mol. The van der Waals surface area contributed by atoms with Crippen LogP contribution in [0.15, 0.2) is 0 Å². The maximum absolute atomic E-state index is 11.2. The Morgan fingerprint density at radius 3 is 2.93 bits per heavy atom. The highest BCUT2D eigenvalue weighted by molar-refractivity contribution is 5.85. The van der Waals surface area contributed by atoms with Gasteiger partial charge in [-0.3, -0.25) is 4.79 Å². The third kappa shape index (κ3) is 4.79. The topological polar surface area (TPSA) is 67.2 Å². The predicted octanol–water partition coefficient (Wildman–Crippen LogP) is 0.0137. The Bertz CT molecular complexity index is 177.